The number of hydrogen-bond acceptors (Lipinski definition) is 4. The predicted octanol–water partition coefficient (Wildman–Crippen LogP) is 2.70. The van der Waals surface area contributed by atoms with E-state index in [0.717, 1.165) is 10.0 Å². The molecule has 0 unspecified atom stereocenters. The van der Waals surface area contributed by atoms with Crippen molar-refractivity contribution in [3.8, 4) is 5.75 Å². The Labute approximate surface area is 165 Å². The van der Waals surface area contributed by atoms with Crippen LogP contribution >= 0.6 is 15.9 Å². The number of anilines is 1. The van der Waals surface area contributed by atoms with Gasteiger partial charge in [-0.25, -0.2) is 0 Å². The fraction of sp³-hybridized carbons (Fsp3) is 0.211. The van der Waals surface area contributed by atoms with Gasteiger partial charge in [0.15, 0.2) is 6.61 Å². The smallest absolute Gasteiger partial charge is 0.276 e. The lowest BCUT2D eigenvalue weighted by molar-refractivity contribution is -0.130. The molecule has 0 aromatic heterocycles. The lowest BCUT2D eigenvalue weighted by Crippen LogP contribution is -2.44. The molecular formula is C19H20BrN3O4. The lowest BCUT2D eigenvalue weighted by Gasteiger charge is -2.10. The molecule has 2 rings (SSSR count). The van der Waals surface area contributed by atoms with Crippen LogP contribution in [0.4, 0.5) is 5.69 Å². The van der Waals surface area contributed by atoms with Gasteiger partial charge in [0.25, 0.3) is 5.91 Å². The Bertz CT molecular complexity index is 812. The fourth-order valence-electron chi connectivity index (χ4n) is 2.08. The minimum absolute atomic E-state index is 0.00338. The quantitative estimate of drug-likeness (QED) is 0.584. The molecule has 0 heterocycles. The average Bonchev–Trinajstić information content (AvgIpc) is 2.65. The molecule has 0 aliphatic heterocycles. The Balaban J connectivity index is 1.64. The summed E-state index contributed by atoms with van der Waals surface area (Å²) in [6.07, 6.45) is -0.0489. The highest BCUT2D eigenvalue weighted by Gasteiger charge is 2.10. The number of benzene rings is 2. The third-order valence-electron chi connectivity index (χ3n) is 3.42. The molecule has 0 aliphatic carbocycles. The predicted molar refractivity (Wildman–Crippen MR) is 105 cm³/mol. The number of halogens is 1. The van der Waals surface area contributed by atoms with Gasteiger partial charge in [-0.05, 0) is 52.7 Å². The van der Waals surface area contributed by atoms with Crippen molar-refractivity contribution in [3.63, 3.8) is 0 Å². The number of ether oxygens (including phenoxy) is 1. The Morgan fingerprint density at radius 3 is 2.30 bits per heavy atom. The van der Waals surface area contributed by atoms with E-state index in [2.05, 4.69) is 32.1 Å². The molecule has 0 bridgehead atoms. The molecule has 0 spiro atoms. The van der Waals surface area contributed by atoms with Crippen molar-refractivity contribution in [2.24, 2.45) is 0 Å². The molecule has 0 radical (unpaired) electrons. The third kappa shape index (κ3) is 7.49. The van der Waals surface area contributed by atoms with Crippen LogP contribution < -0.4 is 20.9 Å². The summed E-state index contributed by atoms with van der Waals surface area (Å²) in [5.74, 6) is -0.734. The second-order valence-corrected chi connectivity index (χ2v) is 6.59. The van der Waals surface area contributed by atoms with Crippen molar-refractivity contribution in [3.05, 3.63) is 58.6 Å². The monoisotopic (exact) mass is 433 g/mol. The van der Waals surface area contributed by atoms with E-state index < -0.39 is 11.8 Å². The zero-order chi connectivity index (χ0) is 19.6. The van der Waals surface area contributed by atoms with Gasteiger partial charge in [0.05, 0.1) is 4.47 Å². The number of nitrogens with one attached hydrogen (secondary N) is 3. The van der Waals surface area contributed by atoms with Crippen LogP contribution in [0.2, 0.25) is 0 Å². The van der Waals surface area contributed by atoms with E-state index in [1.165, 1.54) is 0 Å². The van der Waals surface area contributed by atoms with Gasteiger partial charge >= 0.3 is 0 Å². The van der Waals surface area contributed by atoms with Gasteiger partial charge in [0.1, 0.15) is 5.75 Å². The fourth-order valence-corrected chi connectivity index (χ4v) is 2.68. The topological polar surface area (TPSA) is 96.5 Å². The van der Waals surface area contributed by atoms with Crippen molar-refractivity contribution in [1.29, 1.82) is 0 Å². The molecule has 2 aromatic rings. The van der Waals surface area contributed by atoms with E-state index in [-0.39, 0.29) is 25.4 Å². The van der Waals surface area contributed by atoms with E-state index in [9.17, 15) is 14.4 Å². The van der Waals surface area contributed by atoms with Crippen molar-refractivity contribution in [2.45, 2.75) is 19.8 Å². The normalized spacial score (nSPS) is 10.0. The van der Waals surface area contributed by atoms with Crippen LogP contribution in [-0.4, -0.2) is 24.3 Å². The minimum Gasteiger partial charge on any atom is -0.483 e. The molecule has 8 heteroatoms. The van der Waals surface area contributed by atoms with E-state index in [1.807, 2.05) is 25.1 Å². The minimum atomic E-state index is -0.510. The maximum atomic E-state index is 11.8. The summed E-state index contributed by atoms with van der Waals surface area (Å²) in [5.41, 5.74) is 6.22. The molecule has 0 saturated heterocycles. The number of hydrogen-bond donors (Lipinski definition) is 3. The molecular weight excluding hydrogens is 414 g/mol. The Kier molecular flexibility index (Phi) is 7.81. The summed E-state index contributed by atoms with van der Waals surface area (Å²) in [4.78, 5) is 35.2. The first-order valence-corrected chi connectivity index (χ1v) is 9.05. The Morgan fingerprint density at radius 2 is 1.59 bits per heavy atom. The van der Waals surface area contributed by atoms with Crippen LogP contribution in [-0.2, 0) is 14.4 Å². The zero-order valence-corrected chi connectivity index (χ0v) is 16.3. The molecule has 0 atom stereocenters. The van der Waals surface area contributed by atoms with Gasteiger partial charge in [-0.2, -0.15) is 0 Å². The third-order valence-corrected chi connectivity index (χ3v) is 4.04. The average molecular weight is 434 g/mol. The van der Waals surface area contributed by atoms with Crippen LogP contribution in [0, 0.1) is 6.92 Å². The van der Waals surface area contributed by atoms with Crippen LogP contribution in [0.1, 0.15) is 18.4 Å². The second-order valence-electron chi connectivity index (χ2n) is 5.73. The van der Waals surface area contributed by atoms with E-state index >= 15 is 0 Å². The first-order chi connectivity index (χ1) is 12.9. The molecule has 0 saturated carbocycles. The van der Waals surface area contributed by atoms with Crippen molar-refractivity contribution in [1.82, 2.24) is 10.9 Å². The number of amides is 3. The Morgan fingerprint density at radius 1 is 0.926 bits per heavy atom. The van der Waals surface area contributed by atoms with Crippen LogP contribution in [0.25, 0.3) is 0 Å². The van der Waals surface area contributed by atoms with E-state index in [0.29, 0.717) is 11.4 Å². The van der Waals surface area contributed by atoms with Crippen LogP contribution in [0.5, 0.6) is 5.75 Å². The van der Waals surface area contributed by atoms with E-state index in [4.69, 9.17) is 4.74 Å². The number of aryl methyl sites for hydroxylation is 1. The van der Waals surface area contributed by atoms with Gasteiger partial charge in [0, 0.05) is 18.5 Å². The van der Waals surface area contributed by atoms with Crippen LogP contribution in [0.3, 0.4) is 0 Å². The molecule has 2 aromatic carbocycles. The SMILES string of the molecule is Cc1ccc(OCC(=O)NNC(=O)CCC(=O)Nc2ccccc2)c(Br)c1. The molecule has 7 nitrogen and oxygen atoms in total. The number of rotatable bonds is 7. The zero-order valence-electron chi connectivity index (χ0n) is 14.8. The summed E-state index contributed by atoms with van der Waals surface area (Å²) >= 11 is 3.35. The van der Waals surface area contributed by atoms with Crippen molar-refractivity contribution in [2.75, 3.05) is 11.9 Å². The highest BCUT2D eigenvalue weighted by atomic mass is 79.9. The molecule has 3 amide bonds. The molecule has 27 heavy (non-hydrogen) atoms. The molecule has 142 valence electrons. The summed E-state index contributed by atoms with van der Waals surface area (Å²) in [6.45, 7) is 1.69. The van der Waals surface area contributed by atoms with Gasteiger partial charge in [-0.3, -0.25) is 25.2 Å². The number of hydrazine groups is 1. The maximum Gasteiger partial charge on any atom is 0.276 e. The number of carbonyl (C=O) groups is 3. The number of carbonyl (C=O) groups excluding carboxylic acids is 3. The highest BCUT2D eigenvalue weighted by molar-refractivity contribution is 9.10. The Hall–Kier alpha value is -2.87. The van der Waals surface area contributed by atoms with Crippen LogP contribution in [0.15, 0.2) is 53.0 Å². The van der Waals surface area contributed by atoms with Gasteiger partial charge in [-0.15, -0.1) is 0 Å². The largest absolute Gasteiger partial charge is 0.483 e. The first kappa shape index (κ1) is 20.4. The van der Waals surface area contributed by atoms with Gasteiger partial charge in [0.2, 0.25) is 11.8 Å². The van der Waals surface area contributed by atoms with E-state index in [1.54, 1.807) is 30.3 Å². The molecule has 0 aliphatic rings. The van der Waals surface area contributed by atoms with Gasteiger partial charge in [-0.1, -0.05) is 24.3 Å². The highest BCUT2D eigenvalue weighted by Crippen LogP contribution is 2.25. The summed E-state index contributed by atoms with van der Waals surface area (Å²) in [7, 11) is 0. The maximum absolute atomic E-state index is 11.8. The molecule has 3 N–H and O–H groups in total. The summed E-state index contributed by atoms with van der Waals surface area (Å²) < 4.78 is 6.12. The van der Waals surface area contributed by atoms with Gasteiger partial charge < -0.3 is 10.1 Å². The number of para-hydroxylation sites is 1. The lowest BCUT2D eigenvalue weighted by atomic mass is 10.2. The second kappa shape index (κ2) is 10.3. The molecule has 0 fully saturated rings. The summed E-state index contributed by atoms with van der Waals surface area (Å²) in [5, 5.41) is 2.68. The van der Waals surface area contributed by atoms with Crippen molar-refractivity contribution < 1.29 is 19.1 Å². The first-order valence-electron chi connectivity index (χ1n) is 8.25. The standard InChI is InChI=1S/C19H20BrN3O4/c1-13-7-8-16(15(20)11-13)27-12-19(26)23-22-18(25)10-9-17(24)21-14-5-3-2-4-6-14/h2-8,11H,9-10,12H2,1H3,(H,21,24)(H,22,25)(H,23,26). The summed E-state index contributed by atoms with van der Waals surface area (Å²) in [6, 6.07) is 14.4. The van der Waals surface area contributed by atoms with Crippen molar-refractivity contribution >= 4 is 39.3 Å².